The minimum Gasteiger partial charge on any atom is -0.496 e. The van der Waals surface area contributed by atoms with E-state index in [2.05, 4.69) is 5.43 Å². The molecule has 3 nitrogen and oxygen atoms in total. The third-order valence-electron chi connectivity index (χ3n) is 2.26. The number of anilines is 1. The number of fused-ring (bicyclic) bond motifs is 1. The van der Waals surface area contributed by atoms with E-state index in [1.54, 1.807) is 7.11 Å². The van der Waals surface area contributed by atoms with Crippen molar-refractivity contribution in [3.05, 3.63) is 36.4 Å². The molecule has 0 heterocycles. The first kappa shape index (κ1) is 8.84. The van der Waals surface area contributed by atoms with Gasteiger partial charge in [0.2, 0.25) is 0 Å². The maximum atomic E-state index is 5.42. The third kappa shape index (κ3) is 1.28. The molecule has 0 saturated carbocycles. The second-order valence-electron chi connectivity index (χ2n) is 3.01. The molecule has 0 bridgehead atoms. The summed E-state index contributed by atoms with van der Waals surface area (Å²) in [5, 5.41) is 2.12. The van der Waals surface area contributed by atoms with Crippen LogP contribution in [0.5, 0.6) is 5.75 Å². The van der Waals surface area contributed by atoms with Crippen molar-refractivity contribution in [3.8, 4) is 5.75 Å². The summed E-state index contributed by atoms with van der Waals surface area (Å²) in [5.74, 6) is 6.28. The number of benzene rings is 2. The zero-order chi connectivity index (χ0) is 9.97. The lowest BCUT2D eigenvalue weighted by molar-refractivity contribution is 0.420. The molecule has 3 N–H and O–H groups in total. The molecule has 0 aliphatic rings. The molecule has 0 atom stereocenters. The first-order valence-electron chi connectivity index (χ1n) is 4.39. The SMILES string of the molecule is COc1ccc(NN)c2ccccc12. The number of methoxy groups -OCH3 is 1. The molecule has 0 amide bonds. The van der Waals surface area contributed by atoms with Gasteiger partial charge in [0.05, 0.1) is 12.8 Å². The summed E-state index contributed by atoms with van der Waals surface area (Å²) in [5.41, 5.74) is 3.57. The van der Waals surface area contributed by atoms with Gasteiger partial charge >= 0.3 is 0 Å². The Bertz CT molecular complexity index is 411. The van der Waals surface area contributed by atoms with Gasteiger partial charge in [0.25, 0.3) is 0 Å². The van der Waals surface area contributed by atoms with Crippen LogP contribution in [0, 0.1) is 0 Å². The average molecular weight is 188 g/mol. The maximum absolute atomic E-state index is 5.42. The van der Waals surface area contributed by atoms with E-state index in [9.17, 15) is 0 Å². The van der Waals surface area contributed by atoms with Crippen molar-refractivity contribution in [1.29, 1.82) is 0 Å². The Morgan fingerprint density at radius 2 is 1.79 bits per heavy atom. The van der Waals surface area contributed by atoms with Gasteiger partial charge in [0.1, 0.15) is 5.75 Å². The fourth-order valence-electron chi connectivity index (χ4n) is 1.58. The minimum absolute atomic E-state index is 0.861. The zero-order valence-electron chi connectivity index (χ0n) is 7.95. The summed E-state index contributed by atoms with van der Waals surface area (Å²) >= 11 is 0. The minimum atomic E-state index is 0.861. The van der Waals surface area contributed by atoms with E-state index in [1.807, 2.05) is 36.4 Å². The number of ether oxygens (including phenoxy) is 1. The third-order valence-corrected chi connectivity index (χ3v) is 2.26. The highest BCUT2D eigenvalue weighted by Crippen LogP contribution is 2.30. The smallest absolute Gasteiger partial charge is 0.126 e. The van der Waals surface area contributed by atoms with Gasteiger partial charge in [-0.2, -0.15) is 0 Å². The summed E-state index contributed by atoms with van der Waals surface area (Å²) in [6.45, 7) is 0. The van der Waals surface area contributed by atoms with Crippen LogP contribution in [0.3, 0.4) is 0 Å². The summed E-state index contributed by atoms with van der Waals surface area (Å²) in [7, 11) is 1.66. The van der Waals surface area contributed by atoms with Crippen LogP contribution in [0.1, 0.15) is 0 Å². The number of rotatable bonds is 2. The standard InChI is InChI=1S/C11H12N2O/c1-14-11-7-6-10(13-12)8-4-2-3-5-9(8)11/h2-7,13H,12H2,1H3. The maximum Gasteiger partial charge on any atom is 0.126 e. The average Bonchev–Trinajstić information content (AvgIpc) is 2.27. The molecule has 0 saturated heterocycles. The topological polar surface area (TPSA) is 47.3 Å². The lowest BCUT2D eigenvalue weighted by Crippen LogP contribution is -2.07. The number of nitrogen functional groups attached to an aromatic ring is 1. The normalized spacial score (nSPS) is 10.1. The van der Waals surface area contributed by atoms with E-state index in [1.165, 1.54) is 0 Å². The van der Waals surface area contributed by atoms with E-state index in [0.29, 0.717) is 0 Å². The van der Waals surface area contributed by atoms with Crippen molar-refractivity contribution >= 4 is 16.5 Å². The molecule has 0 aliphatic heterocycles. The van der Waals surface area contributed by atoms with Crippen LogP contribution in [0.2, 0.25) is 0 Å². The Labute approximate surface area is 82.5 Å². The number of nitrogens with two attached hydrogens (primary N) is 1. The van der Waals surface area contributed by atoms with Crippen LogP contribution < -0.4 is 16.0 Å². The molecule has 3 heteroatoms. The fourth-order valence-corrected chi connectivity index (χ4v) is 1.58. The molecule has 2 aromatic rings. The van der Waals surface area contributed by atoms with E-state index in [0.717, 1.165) is 22.2 Å². The van der Waals surface area contributed by atoms with Crippen molar-refractivity contribution in [1.82, 2.24) is 0 Å². The molecule has 72 valence electrons. The van der Waals surface area contributed by atoms with Gasteiger partial charge in [-0.1, -0.05) is 24.3 Å². The highest BCUT2D eigenvalue weighted by Gasteiger charge is 2.03. The lowest BCUT2D eigenvalue weighted by Gasteiger charge is -2.09. The molecule has 0 radical (unpaired) electrons. The fraction of sp³-hybridized carbons (Fsp3) is 0.0909. The Kier molecular flexibility index (Phi) is 2.24. The number of hydrogen-bond donors (Lipinski definition) is 2. The molecule has 2 aromatic carbocycles. The van der Waals surface area contributed by atoms with E-state index in [-0.39, 0.29) is 0 Å². The van der Waals surface area contributed by atoms with Gasteiger partial charge in [0.15, 0.2) is 0 Å². The van der Waals surface area contributed by atoms with Gasteiger partial charge in [0, 0.05) is 10.8 Å². The first-order chi connectivity index (χ1) is 6.86. The van der Waals surface area contributed by atoms with Crippen LogP contribution in [-0.4, -0.2) is 7.11 Å². The molecule has 14 heavy (non-hydrogen) atoms. The second kappa shape index (κ2) is 3.55. The first-order valence-corrected chi connectivity index (χ1v) is 4.39. The van der Waals surface area contributed by atoms with Crippen molar-refractivity contribution in [3.63, 3.8) is 0 Å². The van der Waals surface area contributed by atoms with Crippen molar-refractivity contribution in [2.75, 3.05) is 12.5 Å². The monoisotopic (exact) mass is 188 g/mol. The molecular formula is C11H12N2O. The van der Waals surface area contributed by atoms with Crippen LogP contribution in [0.25, 0.3) is 10.8 Å². The van der Waals surface area contributed by atoms with Crippen LogP contribution in [0.15, 0.2) is 36.4 Å². The molecule has 0 aliphatic carbocycles. The summed E-state index contributed by atoms with van der Waals surface area (Å²) in [4.78, 5) is 0. The van der Waals surface area contributed by atoms with E-state index in [4.69, 9.17) is 10.6 Å². The number of hydrogen-bond acceptors (Lipinski definition) is 3. The highest BCUT2D eigenvalue weighted by molar-refractivity contribution is 5.97. The summed E-state index contributed by atoms with van der Waals surface area (Å²) in [6.07, 6.45) is 0. The van der Waals surface area contributed by atoms with Crippen molar-refractivity contribution in [2.24, 2.45) is 5.84 Å². The quantitative estimate of drug-likeness (QED) is 0.560. The van der Waals surface area contributed by atoms with Crippen LogP contribution >= 0.6 is 0 Å². The Balaban J connectivity index is 2.78. The van der Waals surface area contributed by atoms with Crippen LogP contribution in [-0.2, 0) is 0 Å². The highest BCUT2D eigenvalue weighted by atomic mass is 16.5. The van der Waals surface area contributed by atoms with Crippen LogP contribution in [0.4, 0.5) is 5.69 Å². The van der Waals surface area contributed by atoms with E-state index < -0.39 is 0 Å². The van der Waals surface area contributed by atoms with Gasteiger partial charge in [-0.25, -0.2) is 0 Å². The Hall–Kier alpha value is -1.74. The molecule has 2 rings (SSSR count). The summed E-state index contributed by atoms with van der Waals surface area (Å²) in [6, 6.07) is 11.8. The Morgan fingerprint density at radius 3 is 2.43 bits per heavy atom. The second-order valence-corrected chi connectivity index (χ2v) is 3.01. The van der Waals surface area contributed by atoms with Crippen molar-refractivity contribution < 1.29 is 4.74 Å². The molecule has 0 aromatic heterocycles. The molecular weight excluding hydrogens is 176 g/mol. The largest absolute Gasteiger partial charge is 0.496 e. The van der Waals surface area contributed by atoms with Gasteiger partial charge < -0.3 is 10.2 Å². The van der Waals surface area contributed by atoms with E-state index >= 15 is 0 Å². The van der Waals surface area contributed by atoms with Gasteiger partial charge in [-0.05, 0) is 12.1 Å². The predicted octanol–water partition coefficient (Wildman–Crippen LogP) is 2.13. The zero-order valence-corrected chi connectivity index (χ0v) is 7.95. The number of nitrogens with one attached hydrogen (secondary N) is 1. The number of hydrazine groups is 1. The Morgan fingerprint density at radius 1 is 1.07 bits per heavy atom. The van der Waals surface area contributed by atoms with Gasteiger partial charge in [-0.15, -0.1) is 0 Å². The molecule has 0 spiro atoms. The lowest BCUT2D eigenvalue weighted by atomic mass is 10.1. The summed E-state index contributed by atoms with van der Waals surface area (Å²) < 4.78 is 5.26. The van der Waals surface area contributed by atoms with Gasteiger partial charge in [-0.3, -0.25) is 5.84 Å². The molecule has 0 unspecified atom stereocenters. The van der Waals surface area contributed by atoms with Crippen molar-refractivity contribution in [2.45, 2.75) is 0 Å². The predicted molar refractivity (Wildman–Crippen MR) is 58.3 cm³/mol. The molecule has 0 fully saturated rings.